The summed E-state index contributed by atoms with van der Waals surface area (Å²) in [4.78, 5) is 2.38. The van der Waals surface area contributed by atoms with E-state index in [1.165, 1.54) is 11.3 Å². The van der Waals surface area contributed by atoms with Crippen molar-refractivity contribution in [2.45, 2.75) is 13.8 Å². The number of hydrogen-bond acceptors (Lipinski definition) is 2. The Balaban J connectivity index is 1.89. The molecule has 0 heterocycles. The van der Waals surface area contributed by atoms with Crippen LogP contribution in [0.15, 0.2) is 53.0 Å². The highest BCUT2D eigenvalue weighted by Gasteiger charge is 2.03. The maximum Gasteiger partial charge on any atom is 0.0366 e. The standard InChI is InChI=1S/C17H21BrN2/c1-3-20(17-9-7-14(2)8-10-17)12-11-19-16-6-4-5-15(18)13-16/h4-10,13,19H,3,11-12H2,1-2H3. The van der Waals surface area contributed by atoms with Crippen molar-refractivity contribution in [1.82, 2.24) is 0 Å². The third kappa shape index (κ3) is 4.27. The van der Waals surface area contributed by atoms with Gasteiger partial charge in [-0.1, -0.05) is 39.7 Å². The Morgan fingerprint density at radius 3 is 2.50 bits per heavy atom. The van der Waals surface area contributed by atoms with Crippen LogP contribution in [0.2, 0.25) is 0 Å². The van der Waals surface area contributed by atoms with Crippen molar-refractivity contribution >= 4 is 27.3 Å². The first-order chi connectivity index (χ1) is 9.69. The van der Waals surface area contributed by atoms with E-state index in [2.05, 4.69) is 76.4 Å². The lowest BCUT2D eigenvalue weighted by Crippen LogP contribution is -2.28. The van der Waals surface area contributed by atoms with Crippen molar-refractivity contribution in [2.75, 3.05) is 29.9 Å². The summed E-state index contributed by atoms with van der Waals surface area (Å²) in [6.45, 7) is 7.25. The SMILES string of the molecule is CCN(CCNc1cccc(Br)c1)c1ccc(C)cc1. The molecule has 0 aromatic heterocycles. The smallest absolute Gasteiger partial charge is 0.0366 e. The fourth-order valence-corrected chi connectivity index (χ4v) is 2.56. The van der Waals surface area contributed by atoms with Crippen molar-refractivity contribution in [3.05, 3.63) is 58.6 Å². The number of nitrogens with one attached hydrogen (secondary N) is 1. The molecule has 0 radical (unpaired) electrons. The Bertz CT molecular complexity index is 537. The van der Waals surface area contributed by atoms with Gasteiger partial charge >= 0.3 is 0 Å². The minimum absolute atomic E-state index is 0.929. The first kappa shape index (κ1) is 14.9. The molecule has 0 saturated heterocycles. The second-order valence-electron chi connectivity index (χ2n) is 4.85. The van der Waals surface area contributed by atoms with Crippen molar-refractivity contribution in [3.63, 3.8) is 0 Å². The van der Waals surface area contributed by atoms with E-state index in [1.807, 2.05) is 12.1 Å². The van der Waals surface area contributed by atoms with Gasteiger partial charge in [0.15, 0.2) is 0 Å². The summed E-state index contributed by atoms with van der Waals surface area (Å²) in [6, 6.07) is 17.0. The topological polar surface area (TPSA) is 15.3 Å². The Morgan fingerprint density at radius 1 is 1.10 bits per heavy atom. The number of likely N-dealkylation sites (N-methyl/N-ethyl adjacent to an activating group) is 1. The van der Waals surface area contributed by atoms with E-state index in [9.17, 15) is 0 Å². The highest BCUT2D eigenvalue weighted by Crippen LogP contribution is 2.17. The van der Waals surface area contributed by atoms with Crippen LogP contribution in [-0.4, -0.2) is 19.6 Å². The first-order valence-electron chi connectivity index (χ1n) is 7.00. The normalized spacial score (nSPS) is 10.3. The van der Waals surface area contributed by atoms with Crippen molar-refractivity contribution < 1.29 is 0 Å². The van der Waals surface area contributed by atoms with Gasteiger partial charge in [-0.3, -0.25) is 0 Å². The molecule has 3 heteroatoms. The molecule has 2 aromatic carbocycles. The fourth-order valence-electron chi connectivity index (χ4n) is 2.16. The molecule has 0 aliphatic carbocycles. The van der Waals surface area contributed by atoms with E-state index in [1.54, 1.807) is 0 Å². The lowest BCUT2D eigenvalue weighted by Gasteiger charge is -2.23. The van der Waals surface area contributed by atoms with Crippen LogP contribution in [0.25, 0.3) is 0 Å². The summed E-state index contributed by atoms with van der Waals surface area (Å²) in [5.41, 5.74) is 3.74. The van der Waals surface area contributed by atoms with Gasteiger partial charge in [-0.15, -0.1) is 0 Å². The summed E-state index contributed by atoms with van der Waals surface area (Å²) < 4.78 is 1.10. The maximum absolute atomic E-state index is 3.49. The van der Waals surface area contributed by atoms with Crippen molar-refractivity contribution in [1.29, 1.82) is 0 Å². The zero-order valence-corrected chi connectivity index (χ0v) is 13.7. The van der Waals surface area contributed by atoms with E-state index in [0.717, 1.165) is 29.8 Å². The first-order valence-corrected chi connectivity index (χ1v) is 7.79. The highest BCUT2D eigenvalue weighted by atomic mass is 79.9. The van der Waals surface area contributed by atoms with E-state index in [0.29, 0.717) is 0 Å². The quantitative estimate of drug-likeness (QED) is 0.825. The lowest BCUT2D eigenvalue weighted by atomic mass is 10.2. The second-order valence-corrected chi connectivity index (χ2v) is 5.77. The van der Waals surface area contributed by atoms with Gasteiger partial charge < -0.3 is 10.2 Å². The van der Waals surface area contributed by atoms with Gasteiger partial charge in [0.05, 0.1) is 0 Å². The number of anilines is 2. The lowest BCUT2D eigenvalue weighted by molar-refractivity contribution is 0.835. The number of hydrogen-bond donors (Lipinski definition) is 1. The number of halogens is 1. The third-order valence-corrected chi connectivity index (χ3v) is 3.81. The van der Waals surface area contributed by atoms with Crippen LogP contribution < -0.4 is 10.2 Å². The van der Waals surface area contributed by atoms with Crippen LogP contribution in [0.4, 0.5) is 11.4 Å². The molecule has 0 spiro atoms. The molecule has 0 bridgehead atoms. The molecular formula is C17H21BrN2. The summed E-state index contributed by atoms with van der Waals surface area (Å²) in [5, 5.41) is 3.46. The number of aryl methyl sites for hydroxylation is 1. The molecule has 20 heavy (non-hydrogen) atoms. The van der Waals surface area contributed by atoms with Crippen LogP contribution in [-0.2, 0) is 0 Å². The number of nitrogens with zero attached hydrogens (tertiary/aromatic N) is 1. The Kier molecular flexibility index (Phi) is 5.48. The van der Waals surface area contributed by atoms with Crippen LogP contribution in [0.3, 0.4) is 0 Å². The number of rotatable bonds is 6. The second kappa shape index (κ2) is 7.34. The predicted molar refractivity (Wildman–Crippen MR) is 91.7 cm³/mol. The molecule has 0 unspecified atom stereocenters. The minimum atomic E-state index is 0.929. The molecule has 0 aliphatic rings. The summed E-state index contributed by atoms with van der Waals surface area (Å²) in [7, 11) is 0. The van der Waals surface area contributed by atoms with Crippen LogP contribution in [0, 0.1) is 6.92 Å². The molecule has 0 fully saturated rings. The van der Waals surface area contributed by atoms with Crippen LogP contribution in [0.1, 0.15) is 12.5 Å². The fraction of sp³-hybridized carbons (Fsp3) is 0.294. The molecule has 2 aromatic rings. The third-order valence-electron chi connectivity index (χ3n) is 3.32. The molecule has 2 rings (SSSR count). The minimum Gasteiger partial charge on any atom is -0.383 e. The molecule has 2 nitrogen and oxygen atoms in total. The van der Waals surface area contributed by atoms with Gasteiger partial charge in [0.2, 0.25) is 0 Å². The van der Waals surface area contributed by atoms with Gasteiger partial charge in [0, 0.05) is 35.5 Å². The average Bonchev–Trinajstić information content (AvgIpc) is 2.45. The molecule has 0 amide bonds. The van der Waals surface area contributed by atoms with Crippen LogP contribution in [0.5, 0.6) is 0 Å². The van der Waals surface area contributed by atoms with Crippen molar-refractivity contribution in [2.24, 2.45) is 0 Å². The van der Waals surface area contributed by atoms with Crippen molar-refractivity contribution in [3.8, 4) is 0 Å². The monoisotopic (exact) mass is 332 g/mol. The van der Waals surface area contributed by atoms with E-state index in [4.69, 9.17) is 0 Å². The Hall–Kier alpha value is -1.48. The Labute approximate surface area is 129 Å². The van der Waals surface area contributed by atoms with Gasteiger partial charge in [0.25, 0.3) is 0 Å². The molecule has 106 valence electrons. The van der Waals surface area contributed by atoms with E-state index < -0.39 is 0 Å². The van der Waals surface area contributed by atoms with Gasteiger partial charge in [-0.05, 0) is 44.2 Å². The summed E-state index contributed by atoms with van der Waals surface area (Å²) >= 11 is 3.49. The molecule has 0 atom stereocenters. The zero-order valence-electron chi connectivity index (χ0n) is 12.1. The number of benzene rings is 2. The Morgan fingerprint density at radius 2 is 1.85 bits per heavy atom. The van der Waals surface area contributed by atoms with Gasteiger partial charge in [0.1, 0.15) is 0 Å². The van der Waals surface area contributed by atoms with Gasteiger partial charge in [-0.25, -0.2) is 0 Å². The molecule has 0 saturated carbocycles. The highest BCUT2D eigenvalue weighted by molar-refractivity contribution is 9.10. The maximum atomic E-state index is 3.49. The zero-order chi connectivity index (χ0) is 14.4. The molecule has 0 aliphatic heterocycles. The largest absolute Gasteiger partial charge is 0.383 e. The van der Waals surface area contributed by atoms with Gasteiger partial charge in [-0.2, -0.15) is 0 Å². The molecular weight excluding hydrogens is 312 g/mol. The molecule has 1 N–H and O–H groups in total. The predicted octanol–water partition coefficient (Wildman–Crippen LogP) is 4.70. The summed E-state index contributed by atoms with van der Waals surface area (Å²) in [5.74, 6) is 0. The van der Waals surface area contributed by atoms with Crippen LogP contribution >= 0.6 is 15.9 Å². The van der Waals surface area contributed by atoms with E-state index in [-0.39, 0.29) is 0 Å². The van der Waals surface area contributed by atoms with E-state index >= 15 is 0 Å². The summed E-state index contributed by atoms with van der Waals surface area (Å²) in [6.07, 6.45) is 0. The average molecular weight is 333 g/mol.